The number of ketones is 2. The molecule has 0 aliphatic carbocycles. The van der Waals surface area contributed by atoms with Crippen LogP contribution in [-0.4, -0.2) is 36.7 Å². The Hall–Kier alpha value is -1.27. The molecule has 0 bridgehead atoms. The fourth-order valence-electron chi connectivity index (χ4n) is 0.700. The molecule has 0 aromatic heterocycles. The Morgan fingerprint density at radius 1 is 0.789 bits per heavy atom. The summed E-state index contributed by atoms with van der Waals surface area (Å²) >= 11 is 0. The molecule has 0 saturated heterocycles. The monoisotopic (exact) mass is 306 g/mol. The largest absolute Gasteiger partial charge is 2.00 e. The van der Waals surface area contributed by atoms with Gasteiger partial charge in [-0.2, -0.15) is 0 Å². The number of rotatable bonds is 6. The summed E-state index contributed by atoms with van der Waals surface area (Å²) in [5, 5.41) is 0. The first-order valence-corrected chi connectivity index (χ1v) is 5.37. The SMILES string of the molecule is CCOC(=O)[CH-]C(C)=O.CCOC(=O)[CH-]C(C)=O.[Ti+2]. The number of carbonyl (C=O) groups excluding carboxylic acids is 4. The molecule has 0 aliphatic heterocycles. The molecule has 0 saturated carbocycles. The summed E-state index contributed by atoms with van der Waals surface area (Å²) in [7, 11) is 0. The van der Waals surface area contributed by atoms with Crippen LogP contribution in [0.2, 0.25) is 0 Å². The zero-order valence-corrected chi connectivity index (χ0v) is 13.1. The smallest absolute Gasteiger partial charge is 0.488 e. The molecule has 106 valence electrons. The normalized spacial score (nSPS) is 7.79. The third-order valence-electron chi connectivity index (χ3n) is 1.22. The summed E-state index contributed by atoms with van der Waals surface area (Å²) in [6, 6.07) is 0. The summed E-state index contributed by atoms with van der Waals surface area (Å²) in [6.45, 7) is 6.59. The molecule has 19 heavy (non-hydrogen) atoms. The van der Waals surface area contributed by atoms with Gasteiger partial charge in [0.25, 0.3) is 0 Å². The maximum Gasteiger partial charge on any atom is 2.00 e. The summed E-state index contributed by atoms with van der Waals surface area (Å²) in [4.78, 5) is 41.1. The van der Waals surface area contributed by atoms with Crippen LogP contribution in [0.15, 0.2) is 0 Å². The van der Waals surface area contributed by atoms with Gasteiger partial charge in [-0.05, 0) is 27.7 Å². The van der Waals surface area contributed by atoms with Gasteiger partial charge < -0.3 is 19.1 Å². The number of esters is 2. The van der Waals surface area contributed by atoms with E-state index >= 15 is 0 Å². The Morgan fingerprint density at radius 3 is 1.21 bits per heavy atom. The second kappa shape index (κ2) is 14.8. The number of hydrogen-bond donors (Lipinski definition) is 0. The molecule has 0 radical (unpaired) electrons. The van der Waals surface area contributed by atoms with Gasteiger partial charge in [0.05, 0.1) is 13.2 Å². The minimum atomic E-state index is -0.565. The predicted octanol–water partition coefficient (Wildman–Crippen LogP) is 0.683. The molecule has 0 heterocycles. The van der Waals surface area contributed by atoms with Crippen molar-refractivity contribution in [3.8, 4) is 0 Å². The molecule has 6 nitrogen and oxygen atoms in total. The van der Waals surface area contributed by atoms with E-state index in [9.17, 15) is 19.2 Å². The van der Waals surface area contributed by atoms with Crippen molar-refractivity contribution in [2.24, 2.45) is 0 Å². The van der Waals surface area contributed by atoms with Gasteiger partial charge in [-0.25, -0.2) is 12.8 Å². The van der Waals surface area contributed by atoms with Crippen LogP contribution in [0.5, 0.6) is 0 Å². The molecule has 0 unspecified atom stereocenters. The van der Waals surface area contributed by atoms with Gasteiger partial charge in [0.2, 0.25) is 0 Å². The zero-order chi connectivity index (χ0) is 14.6. The van der Waals surface area contributed by atoms with Gasteiger partial charge in [0.1, 0.15) is 0 Å². The van der Waals surface area contributed by atoms with Crippen LogP contribution in [0.3, 0.4) is 0 Å². The summed E-state index contributed by atoms with van der Waals surface area (Å²) in [5.74, 6) is -1.70. The molecule has 0 spiro atoms. The van der Waals surface area contributed by atoms with E-state index in [-0.39, 0.29) is 33.3 Å². The topological polar surface area (TPSA) is 86.7 Å². The van der Waals surface area contributed by atoms with Gasteiger partial charge in [-0.3, -0.25) is 9.59 Å². The molecule has 0 fully saturated rings. The van der Waals surface area contributed by atoms with E-state index in [1.165, 1.54) is 13.8 Å². The Kier molecular flexibility index (Phi) is 17.8. The molecule has 7 heteroatoms. The van der Waals surface area contributed by atoms with Gasteiger partial charge in [0.15, 0.2) is 11.9 Å². The van der Waals surface area contributed by atoms with Crippen LogP contribution < -0.4 is 0 Å². The van der Waals surface area contributed by atoms with Crippen molar-refractivity contribution in [3.05, 3.63) is 12.8 Å². The third kappa shape index (κ3) is 22.4. The predicted molar refractivity (Wildman–Crippen MR) is 63.2 cm³/mol. The standard InChI is InChI=1S/2C6H9O3.Ti/c2*1-3-9-6(8)4-5(2)7;/h2*4H,3H2,1-2H3;/q2*-1;+2. The van der Waals surface area contributed by atoms with Crippen LogP contribution in [0, 0.1) is 12.8 Å². The van der Waals surface area contributed by atoms with E-state index in [1.54, 1.807) is 13.8 Å². The minimum absolute atomic E-state index is 0. The van der Waals surface area contributed by atoms with Crippen LogP contribution in [0.1, 0.15) is 27.7 Å². The minimum Gasteiger partial charge on any atom is -0.488 e. The molecule has 0 atom stereocenters. The molecule has 0 N–H and O–H groups in total. The number of Topliss-reactive ketones (excluding diaryl/α,β-unsaturated/α-hetero) is 2. The molecular weight excluding hydrogens is 288 g/mol. The Bertz CT molecular complexity index is 271. The van der Waals surface area contributed by atoms with E-state index in [2.05, 4.69) is 9.47 Å². The van der Waals surface area contributed by atoms with Crippen molar-refractivity contribution in [1.29, 1.82) is 0 Å². The van der Waals surface area contributed by atoms with Gasteiger partial charge in [-0.1, -0.05) is 0 Å². The third-order valence-corrected chi connectivity index (χ3v) is 1.22. The fourth-order valence-corrected chi connectivity index (χ4v) is 0.700. The number of ether oxygens (including phenoxy) is 2. The van der Waals surface area contributed by atoms with Crippen molar-refractivity contribution in [3.63, 3.8) is 0 Å². The van der Waals surface area contributed by atoms with E-state index in [0.29, 0.717) is 13.2 Å². The maximum absolute atomic E-state index is 10.4. The Labute approximate surface area is 128 Å². The van der Waals surface area contributed by atoms with Crippen LogP contribution in [0.25, 0.3) is 0 Å². The maximum atomic E-state index is 10.4. The first-order chi connectivity index (χ1) is 8.33. The quantitative estimate of drug-likeness (QED) is 0.310. The van der Waals surface area contributed by atoms with Crippen LogP contribution >= 0.6 is 0 Å². The van der Waals surface area contributed by atoms with Crippen LogP contribution in [-0.2, 0) is 50.4 Å². The first kappa shape index (κ1) is 22.9. The first-order valence-electron chi connectivity index (χ1n) is 5.37. The molecule has 0 amide bonds. The van der Waals surface area contributed by atoms with Gasteiger partial charge >= 0.3 is 21.7 Å². The van der Waals surface area contributed by atoms with Gasteiger partial charge in [0, 0.05) is 11.6 Å². The van der Waals surface area contributed by atoms with E-state index < -0.39 is 11.9 Å². The van der Waals surface area contributed by atoms with Gasteiger partial charge in [-0.15, -0.1) is 0 Å². The molecule has 0 aliphatic rings. The number of hydrogen-bond acceptors (Lipinski definition) is 6. The fraction of sp³-hybridized carbons (Fsp3) is 0.500. The van der Waals surface area contributed by atoms with Crippen molar-refractivity contribution in [1.82, 2.24) is 0 Å². The van der Waals surface area contributed by atoms with E-state index in [4.69, 9.17) is 0 Å². The van der Waals surface area contributed by atoms with Crippen molar-refractivity contribution >= 4 is 23.5 Å². The van der Waals surface area contributed by atoms with Crippen molar-refractivity contribution in [2.75, 3.05) is 13.2 Å². The van der Waals surface area contributed by atoms with Crippen molar-refractivity contribution in [2.45, 2.75) is 27.7 Å². The Balaban J connectivity index is -0.000000256. The molecule has 0 rings (SSSR count). The van der Waals surface area contributed by atoms with E-state index in [1.807, 2.05) is 0 Å². The second-order valence-electron chi connectivity index (χ2n) is 3.01. The average molecular weight is 306 g/mol. The number of carbonyl (C=O) groups is 4. The second-order valence-corrected chi connectivity index (χ2v) is 3.01. The summed E-state index contributed by atoms with van der Waals surface area (Å²) < 4.78 is 8.87. The summed E-state index contributed by atoms with van der Waals surface area (Å²) in [6.07, 6.45) is 1.84. The van der Waals surface area contributed by atoms with E-state index in [0.717, 1.165) is 12.8 Å². The molecule has 0 aromatic carbocycles. The molecular formula is C12H18O6Ti. The summed E-state index contributed by atoms with van der Waals surface area (Å²) in [5.41, 5.74) is 0. The average Bonchev–Trinajstić information content (AvgIpc) is 2.16. The van der Waals surface area contributed by atoms with Crippen molar-refractivity contribution < 1.29 is 50.4 Å². The molecule has 0 aromatic rings. The zero-order valence-electron chi connectivity index (χ0n) is 11.5. The Morgan fingerprint density at radius 2 is 1.05 bits per heavy atom. The van der Waals surface area contributed by atoms with Crippen LogP contribution in [0.4, 0.5) is 0 Å².